The Morgan fingerprint density at radius 1 is 1.38 bits per heavy atom. The monoisotopic (exact) mass is 345 g/mol. The predicted octanol–water partition coefficient (Wildman–Crippen LogP) is 3.11. The number of aromatic nitrogens is 3. The Morgan fingerprint density at radius 3 is 3.00 bits per heavy atom. The highest BCUT2D eigenvalue weighted by atomic mass is 16.1. The molecule has 0 atom stereocenters. The maximum Gasteiger partial charge on any atom is 0.256 e. The molecule has 6 heteroatoms. The number of carbonyl (C=O) groups is 1. The normalized spacial score (nSPS) is 13.5. The van der Waals surface area contributed by atoms with Gasteiger partial charge >= 0.3 is 0 Å². The van der Waals surface area contributed by atoms with Crippen LogP contribution in [0, 0.1) is 24.2 Å². The van der Waals surface area contributed by atoms with Crippen LogP contribution in [0.4, 0.5) is 0 Å². The van der Waals surface area contributed by atoms with E-state index in [9.17, 15) is 4.79 Å². The first-order chi connectivity index (χ1) is 12.7. The number of aryl methyl sites for hydroxylation is 1. The standard InChI is InChI=1S/C20H19N5O/c1-13-9-18(16-4-2-3-15(10-16)11-21)24-19-17(12-23-25(13)19)20(26)22-8-7-14-5-6-14/h2-4,9-10,12,14H,5-8H2,1H3,(H,22,26). The number of nitriles is 1. The van der Waals surface area contributed by atoms with Gasteiger partial charge in [-0.05, 0) is 37.5 Å². The zero-order chi connectivity index (χ0) is 18.1. The zero-order valence-corrected chi connectivity index (χ0v) is 14.6. The van der Waals surface area contributed by atoms with E-state index in [4.69, 9.17) is 5.26 Å². The van der Waals surface area contributed by atoms with Crippen LogP contribution in [0.1, 0.15) is 40.9 Å². The van der Waals surface area contributed by atoms with E-state index < -0.39 is 0 Å². The van der Waals surface area contributed by atoms with Crippen LogP contribution in [-0.4, -0.2) is 27.0 Å². The summed E-state index contributed by atoms with van der Waals surface area (Å²) >= 11 is 0. The van der Waals surface area contributed by atoms with Crippen LogP contribution in [0.5, 0.6) is 0 Å². The summed E-state index contributed by atoms with van der Waals surface area (Å²) in [6.45, 7) is 2.61. The third-order valence-electron chi connectivity index (χ3n) is 4.72. The summed E-state index contributed by atoms with van der Waals surface area (Å²) in [4.78, 5) is 17.2. The molecule has 1 aromatic carbocycles. The maximum absolute atomic E-state index is 12.5. The van der Waals surface area contributed by atoms with Crippen molar-refractivity contribution in [2.45, 2.75) is 26.2 Å². The summed E-state index contributed by atoms with van der Waals surface area (Å²) < 4.78 is 1.67. The Morgan fingerprint density at radius 2 is 2.23 bits per heavy atom. The van der Waals surface area contributed by atoms with Crippen LogP contribution in [0.2, 0.25) is 0 Å². The smallest absolute Gasteiger partial charge is 0.256 e. The van der Waals surface area contributed by atoms with Gasteiger partial charge in [-0.1, -0.05) is 25.0 Å². The van der Waals surface area contributed by atoms with Crippen molar-refractivity contribution in [1.29, 1.82) is 5.26 Å². The molecule has 0 unspecified atom stereocenters. The minimum atomic E-state index is -0.143. The second-order valence-electron chi connectivity index (χ2n) is 6.76. The van der Waals surface area contributed by atoms with Gasteiger partial charge in [-0.3, -0.25) is 4.79 Å². The number of amides is 1. The van der Waals surface area contributed by atoms with Gasteiger partial charge in [0.1, 0.15) is 5.56 Å². The minimum Gasteiger partial charge on any atom is -0.352 e. The van der Waals surface area contributed by atoms with Crippen molar-refractivity contribution in [2.24, 2.45) is 5.92 Å². The first-order valence-electron chi connectivity index (χ1n) is 8.80. The van der Waals surface area contributed by atoms with Crippen molar-refractivity contribution >= 4 is 11.6 Å². The molecule has 2 heterocycles. The van der Waals surface area contributed by atoms with Gasteiger partial charge in [0.15, 0.2) is 5.65 Å². The van der Waals surface area contributed by atoms with Crippen LogP contribution < -0.4 is 5.32 Å². The number of rotatable bonds is 5. The van der Waals surface area contributed by atoms with Crippen molar-refractivity contribution < 1.29 is 4.79 Å². The molecule has 2 aromatic heterocycles. The number of carbonyl (C=O) groups excluding carboxylic acids is 1. The fourth-order valence-corrected chi connectivity index (χ4v) is 3.06. The molecule has 3 aromatic rings. The minimum absolute atomic E-state index is 0.143. The van der Waals surface area contributed by atoms with Gasteiger partial charge in [0.05, 0.1) is 23.5 Å². The van der Waals surface area contributed by atoms with Crippen LogP contribution in [0.25, 0.3) is 16.9 Å². The average Bonchev–Trinajstić information content (AvgIpc) is 3.37. The lowest BCUT2D eigenvalue weighted by Crippen LogP contribution is -2.24. The molecule has 0 spiro atoms. The van der Waals surface area contributed by atoms with Gasteiger partial charge in [-0.15, -0.1) is 0 Å². The average molecular weight is 345 g/mol. The molecule has 0 bridgehead atoms. The molecule has 0 radical (unpaired) electrons. The molecule has 4 rings (SSSR count). The lowest BCUT2D eigenvalue weighted by Gasteiger charge is -2.07. The Bertz CT molecular complexity index is 1030. The number of hydrogen-bond donors (Lipinski definition) is 1. The van der Waals surface area contributed by atoms with E-state index >= 15 is 0 Å². The summed E-state index contributed by atoms with van der Waals surface area (Å²) in [5.74, 6) is 0.633. The summed E-state index contributed by atoms with van der Waals surface area (Å²) in [7, 11) is 0. The molecule has 0 saturated heterocycles. The Labute approximate surface area is 151 Å². The summed E-state index contributed by atoms with van der Waals surface area (Å²) in [6, 6.07) is 11.3. The van der Waals surface area contributed by atoms with E-state index in [0.717, 1.165) is 29.3 Å². The molecule has 1 fully saturated rings. The van der Waals surface area contributed by atoms with E-state index in [2.05, 4.69) is 21.5 Å². The molecule has 1 aliphatic rings. The van der Waals surface area contributed by atoms with Crippen LogP contribution in [0.3, 0.4) is 0 Å². The first-order valence-corrected chi connectivity index (χ1v) is 8.80. The Balaban J connectivity index is 1.68. The predicted molar refractivity (Wildman–Crippen MR) is 97.5 cm³/mol. The first kappa shape index (κ1) is 16.3. The molecule has 130 valence electrons. The number of nitrogens with one attached hydrogen (secondary N) is 1. The number of hydrogen-bond acceptors (Lipinski definition) is 4. The summed E-state index contributed by atoms with van der Waals surface area (Å²) in [6.07, 6.45) is 5.15. The molecular formula is C20H19N5O. The molecule has 1 amide bonds. The second-order valence-corrected chi connectivity index (χ2v) is 6.76. The zero-order valence-electron chi connectivity index (χ0n) is 14.6. The Hall–Kier alpha value is -3.20. The van der Waals surface area contributed by atoms with Crippen molar-refractivity contribution in [3.05, 3.63) is 53.3 Å². The highest BCUT2D eigenvalue weighted by Crippen LogP contribution is 2.31. The molecular weight excluding hydrogens is 326 g/mol. The van der Waals surface area contributed by atoms with E-state index in [1.165, 1.54) is 12.8 Å². The van der Waals surface area contributed by atoms with E-state index in [-0.39, 0.29) is 5.91 Å². The van der Waals surface area contributed by atoms with E-state index in [0.29, 0.717) is 23.3 Å². The van der Waals surface area contributed by atoms with Crippen LogP contribution >= 0.6 is 0 Å². The molecule has 0 aliphatic heterocycles. The van der Waals surface area contributed by atoms with Crippen molar-refractivity contribution in [3.8, 4) is 17.3 Å². The lowest BCUT2D eigenvalue weighted by atomic mass is 10.1. The molecule has 1 aliphatic carbocycles. The number of nitrogens with zero attached hydrogens (tertiary/aromatic N) is 4. The van der Waals surface area contributed by atoms with Crippen molar-refractivity contribution in [1.82, 2.24) is 19.9 Å². The lowest BCUT2D eigenvalue weighted by molar-refractivity contribution is 0.0954. The van der Waals surface area contributed by atoms with E-state index in [1.807, 2.05) is 25.1 Å². The van der Waals surface area contributed by atoms with Crippen LogP contribution in [0.15, 0.2) is 36.5 Å². The topological polar surface area (TPSA) is 83.1 Å². The highest BCUT2D eigenvalue weighted by molar-refractivity contribution is 5.99. The molecule has 6 nitrogen and oxygen atoms in total. The van der Waals surface area contributed by atoms with Crippen molar-refractivity contribution in [3.63, 3.8) is 0 Å². The molecule has 1 N–H and O–H groups in total. The van der Waals surface area contributed by atoms with Gasteiger partial charge < -0.3 is 5.32 Å². The number of fused-ring (bicyclic) bond motifs is 1. The molecule has 1 saturated carbocycles. The molecule has 26 heavy (non-hydrogen) atoms. The van der Waals surface area contributed by atoms with Gasteiger partial charge in [0, 0.05) is 17.8 Å². The van der Waals surface area contributed by atoms with Gasteiger partial charge in [-0.25, -0.2) is 9.50 Å². The van der Waals surface area contributed by atoms with Gasteiger partial charge in [-0.2, -0.15) is 10.4 Å². The number of benzene rings is 1. The van der Waals surface area contributed by atoms with E-state index in [1.54, 1.807) is 22.8 Å². The summed E-state index contributed by atoms with van der Waals surface area (Å²) in [5.41, 5.74) is 4.03. The quantitative estimate of drug-likeness (QED) is 0.770. The van der Waals surface area contributed by atoms with Gasteiger partial charge in [0.25, 0.3) is 5.91 Å². The third kappa shape index (κ3) is 3.16. The van der Waals surface area contributed by atoms with Crippen LogP contribution in [-0.2, 0) is 0 Å². The Kier molecular flexibility index (Phi) is 4.13. The van der Waals surface area contributed by atoms with Crippen molar-refractivity contribution in [2.75, 3.05) is 6.54 Å². The second kappa shape index (κ2) is 6.60. The largest absolute Gasteiger partial charge is 0.352 e. The third-order valence-corrected chi connectivity index (χ3v) is 4.72. The summed E-state index contributed by atoms with van der Waals surface area (Å²) in [5, 5.41) is 16.4. The maximum atomic E-state index is 12.5. The highest BCUT2D eigenvalue weighted by Gasteiger charge is 2.21. The fourth-order valence-electron chi connectivity index (χ4n) is 3.06. The van der Waals surface area contributed by atoms with Gasteiger partial charge in [0.2, 0.25) is 0 Å². The fraction of sp³-hybridized carbons (Fsp3) is 0.300. The SMILES string of the molecule is Cc1cc(-c2cccc(C#N)c2)nc2c(C(=O)NCCC3CC3)cnn12.